The molecule has 250 valence electrons. The zero-order valence-electron chi connectivity index (χ0n) is 22.8. The first-order chi connectivity index (χ1) is 21.9. The number of H-pyrrole nitrogens is 1. The Hall–Kier alpha value is -2.80. The van der Waals surface area contributed by atoms with Crippen LogP contribution in [0.4, 0.5) is 20.5 Å². The van der Waals surface area contributed by atoms with Gasteiger partial charge in [0.15, 0.2) is 60.1 Å². The van der Waals surface area contributed by atoms with Crippen molar-refractivity contribution >= 4 is 71.6 Å². The molecule has 0 aromatic carbocycles. The van der Waals surface area contributed by atoms with E-state index in [-0.39, 0.29) is 40.5 Å². The number of aromatic amines is 1. The van der Waals surface area contributed by atoms with Crippen LogP contribution < -0.4 is 17.0 Å². The summed E-state index contributed by atoms with van der Waals surface area (Å²) in [5, 5.41) is 24.6. The average Bonchev–Trinajstić information content (AvgIpc) is 3.74. The quantitative estimate of drug-likeness (QED) is 0.0935. The van der Waals surface area contributed by atoms with Crippen molar-refractivity contribution in [2.24, 2.45) is 0 Å². The van der Waals surface area contributed by atoms with E-state index in [1.807, 2.05) is 0 Å². The molecule has 27 heteroatoms. The average molecular weight is 729 g/mol. The Morgan fingerprint density at radius 2 is 1.76 bits per heavy atom. The van der Waals surface area contributed by atoms with Gasteiger partial charge in [0.1, 0.15) is 24.6 Å². The normalized spacial score (nSPS) is 30.3. The number of aliphatic hydroxyl groups is 1. The Morgan fingerprint density at radius 3 is 2.48 bits per heavy atom. The van der Waals surface area contributed by atoms with Crippen molar-refractivity contribution in [3.63, 3.8) is 0 Å². The van der Waals surface area contributed by atoms with E-state index >= 15 is 8.78 Å². The van der Waals surface area contributed by atoms with Crippen LogP contribution in [0, 0.1) is 0 Å². The van der Waals surface area contributed by atoms with Crippen molar-refractivity contribution in [3.05, 3.63) is 16.7 Å². The summed E-state index contributed by atoms with van der Waals surface area (Å²) in [6.45, 7) is -5.60. The summed E-state index contributed by atoms with van der Waals surface area (Å²) in [6, 6.07) is 0. The number of hydrogen-bond donors (Lipinski definition) is 6. The summed E-state index contributed by atoms with van der Waals surface area (Å²) in [4.78, 5) is 47.0. The highest BCUT2D eigenvalue weighted by molar-refractivity contribution is 8.07. The minimum absolute atomic E-state index is 0.0200. The molecule has 0 amide bonds. The largest absolute Gasteiger partial charge is 0.396 e. The fraction of sp³-hybridized carbons (Fsp3) is 0.579. The fourth-order valence-electron chi connectivity index (χ4n) is 4.98. The van der Waals surface area contributed by atoms with Gasteiger partial charge in [-0.3, -0.25) is 14.3 Å². The number of nitrogen functional groups attached to an aromatic ring is 2. The SMILES string of the molecule is Nc1nc2c(nnn2[C@@H]2O[C@H](CCO)[C@@H](F)[C@H]2OP(O)(=S)OC[C@H]2O[C@@H](n3nnc4c(N)ncnc43)[C@@H](F)[C@@H]2O[PH](O)=S)c(=O)[nH]1. The molecular weight excluding hydrogens is 704 g/mol. The summed E-state index contributed by atoms with van der Waals surface area (Å²) >= 11 is 9.88. The van der Waals surface area contributed by atoms with Gasteiger partial charge in [0, 0.05) is 6.61 Å². The van der Waals surface area contributed by atoms with Gasteiger partial charge in [0.25, 0.3) is 5.56 Å². The number of fused-ring (bicyclic) bond motifs is 2. The third kappa shape index (κ3) is 6.25. The van der Waals surface area contributed by atoms with E-state index < -0.39 is 81.9 Å². The number of nitrogens with zero attached hydrogens (tertiary/aromatic N) is 9. The number of halogens is 2. The first kappa shape index (κ1) is 33.1. The Bertz CT molecular complexity index is 1890. The second-order valence-electron chi connectivity index (χ2n) is 9.84. The van der Waals surface area contributed by atoms with E-state index in [4.69, 9.17) is 58.1 Å². The number of rotatable bonds is 11. The lowest BCUT2D eigenvalue weighted by Gasteiger charge is -2.26. The van der Waals surface area contributed by atoms with Crippen molar-refractivity contribution < 1.29 is 46.7 Å². The smallest absolute Gasteiger partial charge is 0.325 e. The van der Waals surface area contributed by atoms with Gasteiger partial charge in [-0.05, 0) is 30.0 Å². The Balaban J connectivity index is 1.23. The number of nitrogens with two attached hydrogens (primary N) is 2. The van der Waals surface area contributed by atoms with Gasteiger partial charge in [0.2, 0.25) is 5.95 Å². The predicted molar refractivity (Wildman–Crippen MR) is 157 cm³/mol. The monoisotopic (exact) mass is 728 g/mol. The summed E-state index contributed by atoms with van der Waals surface area (Å²) in [5.41, 5.74) is 10.3. The molecule has 2 aliphatic heterocycles. The first-order valence-electron chi connectivity index (χ1n) is 13.1. The summed E-state index contributed by atoms with van der Waals surface area (Å²) in [7, 11) is -2.90. The zero-order valence-corrected chi connectivity index (χ0v) is 26.3. The van der Waals surface area contributed by atoms with E-state index in [0.717, 1.165) is 15.7 Å². The highest BCUT2D eigenvalue weighted by Crippen LogP contribution is 2.51. The molecule has 6 heterocycles. The van der Waals surface area contributed by atoms with Gasteiger partial charge in [0.05, 0.1) is 12.7 Å². The van der Waals surface area contributed by atoms with Crippen molar-refractivity contribution in [2.45, 2.75) is 55.6 Å². The molecule has 21 nitrogen and oxygen atoms in total. The van der Waals surface area contributed by atoms with Crippen molar-refractivity contribution in [1.29, 1.82) is 0 Å². The maximum absolute atomic E-state index is 15.7. The number of hydrogen-bond acceptors (Lipinski definition) is 18. The lowest BCUT2D eigenvalue weighted by molar-refractivity contribution is -0.0563. The lowest BCUT2D eigenvalue weighted by atomic mass is 10.1. The van der Waals surface area contributed by atoms with Crippen LogP contribution in [0.5, 0.6) is 0 Å². The zero-order chi connectivity index (χ0) is 32.9. The minimum atomic E-state index is -4.44. The van der Waals surface area contributed by atoms with Crippen LogP contribution in [0.2, 0.25) is 0 Å². The summed E-state index contributed by atoms with van der Waals surface area (Å²) in [5.74, 6) is -0.316. The Kier molecular flexibility index (Phi) is 9.37. The number of anilines is 2. The molecule has 2 unspecified atom stereocenters. The van der Waals surface area contributed by atoms with Crippen LogP contribution in [0.1, 0.15) is 18.9 Å². The Labute approximate surface area is 265 Å². The lowest BCUT2D eigenvalue weighted by Crippen LogP contribution is -2.34. The van der Waals surface area contributed by atoms with Gasteiger partial charge in [-0.1, -0.05) is 10.4 Å². The van der Waals surface area contributed by atoms with E-state index in [2.05, 4.69) is 40.6 Å². The van der Waals surface area contributed by atoms with Crippen LogP contribution in [0.25, 0.3) is 22.3 Å². The van der Waals surface area contributed by atoms with Crippen LogP contribution >= 0.6 is 13.9 Å². The molecule has 6 rings (SSSR count). The van der Waals surface area contributed by atoms with Crippen molar-refractivity contribution in [1.82, 2.24) is 49.9 Å². The molecule has 2 fully saturated rings. The van der Waals surface area contributed by atoms with E-state index in [9.17, 15) is 19.7 Å². The molecule has 4 aromatic heterocycles. The molecule has 2 aliphatic rings. The van der Waals surface area contributed by atoms with E-state index in [1.54, 1.807) is 0 Å². The fourth-order valence-corrected chi connectivity index (χ4v) is 7.23. The van der Waals surface area contributed by atoms with Gasteiger partial charge in [-0.25, -0.2) is 18.7 Å². The maximum Gasteiger partial charge on any atom is 0.325 e. The number of aromatic nitrogens is 10. The predicted octanol–water partition coefficient (Wildman–Crippen LogP) is -1.73. The molecule has 2 saturated heterocycles. The van der Waals surface area contributed by atoms with Gasteiger partial charge in [-0.2, -0.15) is 14.3 Å². The molecule has 0 bridgehead atoms. The first-order valence-corrected chi connectivity index (χ1v) is 18.1. The molecule has 0 aliphatic carbocycles. The standard InChI is InChI=1S/C19H24F2N12O9P2S2/c20-7-5(1-2-34)39-18(33-15-10(29-31-33)16(35)27-19(23)26-15)12(7)42-44(37,46)38-3-6-11(41-43(36)45)8(21)17(40-6)32-14-9(28-30-32)13(22)24-4-25-14/h4-8,11-12,17-18,34,43H,1-3H2,(H,36,45)(H,37,46)(H2,22,24,25)(H3,23,26,27,35)/t5-,6-,7-,8+,11-,12-,17-,18-,44?/m1/s1. The number of ether oxygens (including phenoxy) is 2. The molecule has 0 radical (unpaired) electrons. The topological polar surface area (TPSA) is 292 Å². The highest BCUT2D eigenvalue weighted by atomic mass is 32.5. The third-order valence-corrected chi connectivity index (χ3v) is 9.29. The Morgan fingerprint density at radius 1 is 1.07 bits per heavy atom. The molecule has 10 atom stereocenters. The number of alkyl halides is 2. The maximum atomic E-state index is 15.7. The second-order valence-corrected chi connectivity index (χ2v) is 14.4. The molecule has 46 heavy (non-hydrogen) atoms. The van der Waals surface area contributed by atoms with Crippen LogP contribution in [0.3, 0.4) is 0 Å². The van der Waals surface area contributed by atoms with Crippen molar-refractivity contribution in [3.8, 4) is 0 Å². The van der Waals surface area contributed by atoms with Crippen molar-refractivity contribution in [2.75, 3.05) is 24.7 Å². The van der Waals surface area contributed by atoms with Crippen LogP contribution in [0.15, 0.2) is 11.1 Å². The molecule has 4 aromatic rings. The number of nitrogens with one attached hydrogen (secondary N) is 1. The molecule has 0 spiro atoms. The molecular formula is C19H24F2N12O9P2S2. The van der Waals surface area contributed by atoms with E-state index in [1.165, 1.54) is 0 Å². The molecule has 8 N–H and O–H groups in total. The second kappa shape index (κ2) is 13.0. The third-order valence-electron chi connectivity index (χ3n) is 6.96. The summed E-state index contributed by atoms with van der Waals surface area (Å²) in [6.07, 6.45) is -12.1. The van der Waals surface area contributed by atoms with Crippen LogP contribution in [-0.4, -0.2) is 115 Å². The number of aliphatic hydroxyl groups excluding tert-OH is 1. The van der Waals surface area contributed by atoms with E-state index in [0.29, 0.717) is 0 Å². The van der Waals surface area contributed by atoms with Crippen LogP contribution in [-0.2, 0) is 46.7 Å². The minimum Gasteiger partial charge on any atom is -0.396 e. The van der Waals surface area contributed by atoms with Gasteiger partial charge < -0.3 is 44.9 Å². The van der Waals surface area contributed by atoms with Gasteiger partial charge >= 0.3 is 6.72 Å². The molecule has 0 saturated carbocycles. The summed E-state index contributed by atoms with van der Waals surface area (Å²) < 4.78 is 60.9. The van der Waals surface area contributed by atoms with Gasteiger partial charge in [-0.15, -0.1) is 10.2 Å². The highest BCUT2D eigenvalue weighted by Gasteiger charge is 2.52.